The molecule has 0 rings (SSSR count). The van der Waals surface area contributed by atoms with E-state index in [0.717, 1.165) is 0 Å². The maximum absolute atomic E-state index is 10.4. The summed E-state index contributed by atoms with van der Waals surface area (Å²) in [5.74, 6) is 0. The fourth-order valence-corrected chi connectivity index (χ4v) is 0. The molecule has 0 fully saturated rings. The largest absolute Gasteiger partial charge is 0.591 e. The number of alkyl halides is 5. The Balaban J connectivity index is 0. The molecule has 76 valence electrons. The Morgan fingerprint density at radius 3 is 1.08 bits per heavy atom. The van der Waals surface area contributed by atoms with E-state index in [1.807, 2.05) is 0 Å². The second-order valence-corrected chi connectivity index (χ2v) is 2.04. The van der Waals surface area contributed by atoms with Gasteiger partial charge in [-0.2, -0.15) is 13.2 Å². The molecule has 0 saturated heterocycles. The van der Waals surface area contributed by atoms with Gasteiger partial charge in [0.2, 0.25) is 0 Å². The predicted molar refractivity (Wildman–Crippen MR) is 23.0 cm³/mol. The minimum Gasteiger partial charge on any atom is -0.215 e. The van der Waals surface area contributed by atoms with Crippen LogP contribution in [0.4, 0.5) is 34.5 Å². The molecule has 0 saturated carbocycles. The Bertz CT molecular complexity index is 147. The quantitative estimate of drug-likeness (QED) is 0.451. The summed E-state index contributed by atoms with van der Waals surface area (Å²) in [6.45, 7) is 0. The monoisotopic (exact) mass is 224 g/mol. The average Bonchev–Trinajstić information content (AvgIpc) is 1.55. The topological polar surface area (TPSA) is 17.1 Å². The molecular weight excluding hydrogens is 223 g/mol. The standard InChI is InChI=1S/C2HF5.F3OP/c3-1(4)2(5,6)7;1-5(2,3)4/h1H;. The summed E-state index contributed by atoms with van der Waals surface area (Å²) in [6.07, 6.45) is -9.53. The highest BCUT2D eigenvalue weighted by molar-refractivity contribution is 7.47. The lowest BCUT2D eigenvalue weighted by Gasteiger charge is -2.00. The molecule has 0 heterocycles. The molecule has 0 bridgehead atoms. The van der Waals surface area contributed by atoms with E-state index in [2.05, 4.69) is 0 Å². The second-order valence-electron chi connectivity index (χ2n) is 1.24. The molecular formula is C2HF8OP. The van der Waals surface area contributed by atoms with Gasteiger partial charge in [-0.1, -0.05) is 0 Å². The first kappa shape index (κ1) is 14.2. The van der Waals surface area contributed by atoms with Crippen LogP contribution in [0.1, 0.15) is 0 Å². The van der Waals surface area contributed by atoms with Crippen molar-refractivity contribution in [3.05, 3.63) is 0 Å². The Labute approximate surface area is 61.1 Å². The summed E-state index contributed by atoms with van der Waals surface area (Å²) in [5.41, 5.74) is 0. The molecule has 0 unspecified atom stereocenters. The van der Waals surface area contributed by atoms with Crippen molar-refractivity contribution < 1.29 is 39.1 Å². The Kier molecular flexibility index (Phi) is 5.49. The summed E-state index contributed by atoms with van der Waals surface area (Å²) in [5, 5.41) is 0. The van der Waals surface area contributed by atoms with Gasteiger partial charge in [0, 0.05) is 0 Å². The average molecular weight is 224 g/mol. The van der Waals surface area contributed by atoms with Crippen molar-refractivity contribution in [1.29, 1.82) is 0 Å². The fraction of sp³-hybridized carbons (Fsp3) is 1.00. The van der Waals surface area contributed by atoms with Crippen molar-refractivity contribution in [1.82, 2.24) is 0 Å². The Morgan fingerprint density at radius 2 is 1.08 bits per heavy atom. The lowest BCUT2D eigenvalue weighted by molar-refractivity contribution is -0.219. The third-order valence-corrected chi connectivity index (χ3v) is 0.247. The molecule has 0 aliphatic carbocycles. The van der Waals surface area contributed by atoms with Gasteiger partial charge in [0.15, 0.2) is 0 Å². The van der Waals surface area contributed by atoms with Crippen LogP contribution in [-0.2, 0) is 4.57 Å². The summed E-state index contributed by atoms with van der Waals surface area (Å²) >= 11 is 0. The van der Waals surface area contributed by atoms with Gasteiger partial charge < -0.3 is 0 Å². The van der Waals surface area contributed by atoms with Crippen LogP contribution in [0.2, 0.25) is 0 Å². The normalized spacial score (nSPS) is 12.4. The first-order valence-corrected chi connectivity index (χ1v) is 3.36. The zero-order chi connectivity index (χ0) is 10.6. The van der Waals surface area contributed by atoms with Crippen LogP contribution in [0, 0.1) is 0 Å². The van der Waals surface area contributed by atoms with E-state index in [1.54, 1.807) is 0 Å². The van der Waals surface area contributed by atoms with Gasteiger partial charge in [0.25, 0.3) is 0 Å². The minimum atomic E-state index is -6.14. The molecule has 0 aliphatic rings. The van der Waals surface area contributed by atoms with E-state index in [9.17, 15) is 34.5 Å². The highest BCUT2D eigenvalue weighted by Gasteiger charge is 2.40. The van der Waals surface area contributed by atoms with Gasteiger partial charge >= 0.3 is 20.7 Å². The summed E-state index contributed by atoms with van der Waals surface area (Å²) in [4.78, 5) is 0. The molecule has 0 aromatic carbocycles. The maximum atomic E-state index is 10.4. The van der Waals surface area contributed by atoms with Gasteiger partial charge in [0.1, 0.15) is 0 Å². The van der Waals surface area contributed by atoms with Crippen molar-refractivity contribution in [3.63, 3.8) is 0 Å². The van der Waals surface area contributed by atoms with Crippen LogP contribution in [-0.4, -0.2) is 12.6 Å². The summed E-state index contributed by atoms with van der Waals surface area (Å²) in [6, 6.07) is 0. The fourth-order valence-electron chi connectivity index (χ4n) is 0. The van der Waals surface area contributed by atoms with Gasteiger partial charge in [-0.05, 0) is 0 Å². The smallest absolute Gasteiger partial charge is 0.215 e. The lowest BCUT2D eigenvalue weighted by atomic mass is 10.7. The van der Waals surface area contributed by atoms with Crippen LogP contribution >= 0.6 is 8.07 Å². The van der Waals surface area contributed by atoms with E-state index >= 15 is 0 Å². The molecule has 1 nitrogen and oxygen atoms in total. The van der Waals surface area contributed by atoms with Crippen LogP contribution in [0.3, 0.4) is 0 Å². The van der Waals surface area contributed by atoms with E-state index in [0.29, 0.717) is 0 Å². The van der Waals surface area contributed by atoms with Crippen molar-refractivity contribution in [2.45, 2.75) is 12.6 Å². The predicted octanol–water partition coefficient (Wildman–Crippen LogP) is 3.82. The minimum absolute atomic E-state index is 4.20. The zero-order valence-corrected chi connectivity index (χ0v) is 5.85. The van der Waals surface area contributed by atoms with E-state index < -0.39 is 20.7 Å². The second kappa shape index (κ2) is 4.64. The molecule has 0 N–H and O–H groups in total. The zero-order valence-electron chi connectivity index (χ0n) is 4.96. The van der Waals surface area contributed by atoms with Crippen molar-refractivity contribution in [2.24, 2.45) is 0 Å². The summed E-state index contributed by atoms with van der Waals surface area (Å²) in [7, 11) is -6.14. The van der Waals surface area contributed by atoms with Crippen molar-refractivity contribution >= 4 is 8.07 Å². The van der Waals surface area contributed by atoms with E-state index in [4.69, 9.17) is 4.57 Å². The number of hydrogen-bond donors (Lipinski definition) is 0. The van der Waals surface area contributed by atoms with Gasteiger partial charge in [-0.25, -0.2) is 13.3 Å². The number of rotatable bonds is 0. The van der Waals surface area contributed by atoms with E-state index in [-0.39, 0.29) is 0 Å². The van der Waals surface area contributed by atoms with Gasteiger partial charge in [0.05, 0.1) is 0 Å². The molecule has 12 heavy (non-hydrogen) atoms. The molecule has 0 atom stereocenters. The highest BCUT2D eigenvalue weighted by Crippen LogP contribution is 2.50. The SMILES string of the molecule is FC(F)C(F)(F)F.O=P(F)(F)F. The summed E-state index contributed by atoms with van der Waals surface area (Å²) < 4.78 is 90.1. The molecule has 0 amide bonds. The maximum Gasteiger partial charge on any atom is 0.591 e. The number of halogens is 8. The first-order chi connectivity index (χ1) is 4.94. The van der Waals surface area contributed by atoms with Crippen molar-refractivity contribution in [2.75, 3.05) is 0 Å². The molecule has 0 aliphatic heterocycles. The number of hydrogen-bond acceptors (Lipinski definition) is 1. The van der Waals surface area contributed by atoms with Crippen LogP contribution < -0.4 is 0 Å². The first-order valence-electron chi connectivity index (χ1n) is 1.98. The van der Waals surface area contributed by atoms with Gasteiger partial charge in [-0.15, -0.1) is 12.6 Å². The van der Waals surface area contributed by atoms with Crippen LogP contribution in [0.5, 0.6) is 0 Å². The molecule has 0 radical (unpaired) electrons. The van der Waals surface area contributed by atoms with Crippen molar-refractivity contribution in [3.8, 4) is 0 Å². The Hall–Kier alpha value is -0.330. The molecule has 0 aromatic heterocycles. The van der Waals surface area contributed by atoms with Gasteiger partial charge in [-0.3, -0.25) is 0 Å². The van der Waals surface area contributed by atoms with E-state index in [1.165, 1.54) is 0 Å². The molecule has 0 aromatic rings. The third-order valence-electron chi connectivity index (χ3n) is 0.247. The molecule has 10 heteroatoms. The third kappa shape index (κ3) is 22.6. The van der Waals surface area contributed by atoms with Crippen LogP contribution in [0.15, 0.2) is 0 Å². The molecule has 0 spiro atoms. The van der Waals surface area contributed by atoms with Crippen LogP contribution in [0.25, 0.3) is 0 Å². The highest BCUT2D eigenvalue weighted by atomic mass is 31.3. The Morgan fingerprint density at radius 1 is 1.00 bits per heavy atom. The lowest BCUT2D eigenvalue weighted by Crippen LogP contribution is -2.18.